The standard InChI is InChI=1S/C20H21N3O.ClH/c1-15(24)22-20(16-9-3-2-4-10-16)17-11-5-6-12-18(17)23-14-8-7-13-21-19(20)23;/h2-6,9-12H,7-8,13-14H2,1H3,(H,22,24);1H. The van der Waals surface area contributed by atoms with Gasteiger partial charge in [-0.25, -0.2) is 0 Å². The molecule has 0 bridgehead atoms. The van der Waals surface area contributed by atoms with Gasteiger partial charge in [-0.1, -0.05) is 48.5 Å². The van der Waals surface area contributed by atoms with Gasteiger partial charge in [-0.15, -0.1) is 12.4 Å². The topological polar surface area (TPSA) is 44.7 Å². The molecule has 0 spiro atoms. The van der Waals surface area contributed by atoms with Gasteiger partial charge in [-0.3, -0.25) is 9.79 Å². The summed E-state index contributed by atoms with van der Waals surface area (Å²) in [5.41, 5.74) is 2.60. The Morgan fingerprint density at radius 2 is 1.80 bits per heavy atom. The van der Waals surface area contributed by atoms with Crippen LogP contribution in [0.2, 0.25) is 0 Å². The number of para-hydroxylation sites is 1. The lowest BCUT2D eigenvalue weighted by Crippen LogP contribution is -2.53. The largest absolute Gasteiger partial charge is 0.336 e. The van der Waals surface area contributed by atoms with Crippen LogP contribution in [-0.2, 0) is 10.3 Å². The van der Waals surface area contributed by atoms with E-state index in [2.05, 4.69) is 40.5 Å². The first-order valence-electron chi connectivity index (χ1n) is 8.50. The number of halogens is 1. The molecule has 1 amide bonds. The number of nitrogens with zero attached hydrogens (tertiary/aromatic N) is 2. The van der Waals surface area contributed by atoms with E-state index in [9.17, 15) is 4.79 Å². The number of rotatable bonds is 2. The minimum Gasteiger partial charge on any atom is -0.336 e. The molecule has 0 aliphatic carbocycles. The number of hydrogen-bond acceptors (Lipinski definition) is 3. The van der Waals surface area contributed by atoms with Crippen LogP contribution in [0.25, 0.3) is 0 Å². The third kappa shape index (κ3) is 2.71. The second-order valence-corrected chi connectivity index (χ2v) is 6.38. The number of nitrogens with one attached hydrogen (secondary N) is 1. The molecule has 0 aromatic heterocycles. The summed E-state index contributed by atoms with van der Waals surface area (Å²) in [4.78, 5) is 19.4. The summed E-state index contributed by atoms with van der Waals surface area (Å²) >= 11 is 0. The fourth-order valence-corrected chi connectivity index (χ4v) is 3.89. The smallest absolute Gasteiger partial charge is 0.218 e. The Hall–Kier alpha value is -2.33. The van der Waals surface area contributed by atoms with Gasteiger partial charge >= 0.3 is 0 Å². The molecule has 130 valence electrons. The van der Waals surface area contributed by atoms with Gasteiger partial charge in [0, 0.05) is 31.3 Å². The van der Waals surface area contributed by atoms with Crippen LogP contribution in [0.1, 0.15) is 30.9 Å². The predicted octanol–water partition coefficient (Wildman–Crippen LogP) is 3.50. The van der Waals surface area contributed by atoms with Crippen LogP contribution >= 0.6 is 12.4 Å². The Morgan fingerprint density at radius 1 is 1.08 bits per heavy atom. The van der Waals surface area contributed by atoms with Gasteiger partial charge in [0.25, 0.3) is 0 Å². The van der Waals surface area contributed by atoms with Crippen LogP contribution in [0.3, 0.4) is 0 Å². The van der Waals surface area contributed by atoms with Gasteiger partial charge < -0.3 is 10.2 Å². The fraction of sp³-hybridized carbons (Fsp3) is 0.300. The Kier molecular flexibility index (Phi) is 4.82. The monoisotopic (exact) mass is 355 g/mol. The second-order valence-electron chi connectivity index (χ2n) is 6.38. The maximum absolute atomic E-state index is 12.2. The molecule has 2 heterocycles. The quantitative estimate of drug-likeness (QED) is 0.896. The van der Waals surface area contributed by atoms with Crippen molar-refractivity contribution in [1.82, 2.24) is 5.32 Å². The van der Waals surface area contributed by atoms with Gasteiger partial charge in [-0.05, 0) is 24.5 Å². The van der Waals surface area contributed by atoms with Crippen molar-refractivity contribution in [2.45, 2.75) is 25.3 Å². The molecule has 2 aliphatic heterocycles. The number of carbonyl (C=O) groups excluding carboxylic acids is 1. The van der Waals surface area contributed by atoms with E-state index in [1.165, 1.54) is 0 Å². The molecule has 0 saturated heterocycles. The highest BCUT2D eigenvalue weighted by molar-refractivity contribution is 6.14. The Balaban J connectivity index is 0.00000182. The SMILES string of the molecule is CC(=O)NC1(c2ccccc2)C2=NCCCCN2c2ccccc21.Cl. The molecule has 4 nitrogen and oxygen atoms in total. The lowest BCUT2D eigenvalue weighted by Gasteiger charge is -2.33. The molecule has 1 unspecified atom stereocenters. The van der Waals surface area contributed by atoms with Gasteiger partial charge in [0.05, 0.1) is 0 Å². The number of amidine groups is 1. The first-order valence-corrected chi connectivity index (χ1v) is 8.50. The van der Waals surface area contributed by atoms with Crippen molar-refractivity contribution in [2.75, 3.05) is 18.0 Å². The average Bonchev–Trinajstić information content (AvgIpc) is 2.76. The summed E-state index contributed by atoms with van der Waals surface area (Å²) < 4.78 is 0. The van der Waals surface area contributed by atoms with E-state index in [-0.39, 0.29) is 18.3 Å². The highest BCUT2D eigenvalue weighted by atomic mass is 35.5. The van der Waals surface area contributed by atoms with Crippen LogP contribution < -0.4 is 10.2 Å². The van der Waals surface area contributed by atoms with Crippen LogP contribution in [-0.4, -0.2) is 24.8 Å². The van der Waals surface area contributed by atoms with Gasteiger partial charge in [-0.2, -0.15) is 0 Å². The first-order chi connectivity index (χ1) is 11.7. The minimum atomic E-state index is -0.700. The summed E-state index contributed by atoms with van der Waals surface area (Å²) in [6, 6.07) is 18.5. The zero-order valence-corrected chi connectivity index (χ0v) is 15.1. The number of carbonyl (C=O) groups is 1. The number of benzene rings is 2. The highest BCUT2D eigenvalue weighted by Gasteiger charge is 2.50. The number of amides is 1. The third-order valence-electron chi connectivity index (χ3n) is 4.81. The van der Waals surface area contributed by atoms with Crippen LogP contribution in [0.5, 0.6) is 0 Å². The number of anilines is 1. The number of hydrogen-bond donors (Lipinski definition) is 1. The van der Waals surface area contributed by atoms with Crippen molar-refractivity contribution >= 4 is 29.8 Å². The van der Waals surface area contributed by atoms with E-state index in [1.54, 1.807) is 6.92 Å². The molecule has 2 aromatic carbocycles. The number of fused-ring (bicyclic) bond motifs is 3. The molecule has 5 heteroatoms. The van der Waals surface area contributed by atoms with Gasteiger partial charge in [0.2, 0.25) is 5.91 Å². The molecule has 1 atom stereocenters. The zero-order valence-electron chi connectivity index (χ0n) is 14.2. The normalized spacial score (nSPS) is 21.3. The van der Waals surface area contributed by atoms with E-state index in [0.717, 1.165) is 48.6 Å². The van der Waals surface area contributed by atoms with E-state index >= 15 is 0 Å². The maximum Gasteiger partial charge on any atom is 0.218 e. The van der Waals surface area contributed by atoms with E-state index in [1.807, 2.05) is 24.3 Å². The lowest BCUT2D eigenvalue weighted by atomic mass is 9.83. The van der Waals surface area contributed by atoms with Crippen molar-refractivity contribution in [3.8, 4) is 0 Å². The molecule has 1 N–H and O–H groups in total. The van der Waals surface area contributed by atoms with Crippen LogP contribution in [0, 0.1) is 0 Å². The van der Waals surface area contributed by atoms with Crippen molar-refractivity contribution in [2.24, 2.45) is 4.99 Å². The minimum absolute atomic E-state index is 0. The molecule has 2 aromatic rings. The Bertz CT molecular complexity index is 806. The Morgan fingerprint density at radius 3 is 2.56 bits per heavy atom. The summed E-state index contributed by atoms with van der Waals surface area (Å²) in [7, 11) is 0. The molecule has 0 fully saturated rings. The third-order valence-corrected chi connectivity index (χ3v) is 4.81. The second kappa shape index (κ2) is 6.89. The van der Waals surface area contributed by atoms with Crippen molar-refractivity contribution in [3.63, 3.8) is 0 Å². The lowest BCUT2D eigenvalue weighted by molar-refractivity contribution is -0.119. The summed E-state index contributed by atoms with van der Waals surface area (Å²) in [5, 5.41) is 3.24. The molecule has 0 saturated carbocycles. The van der Waals surface area contributed by atoms with Crippen molar-refractivity contribution in [1.29, 1.82) is 0 Å². The number of aliphatic imine (C=N–C) groups is 1. The van der Waals surface area contributed by atoms with Crippen molar-refractivity contribution in [3.05, 3.63) is 65.7 Å². The molecule has 2 aliphatic rings. The van der Waals surface area contributed by atoms with Crippen LogP contribution in [0.15, 0.2) is 59.6 Å². The Labute approximate surface area is 154 Å². The van der Waals surface area contributed by atoms with Gasteiger partial charge in [0.15, 0.2) is 5.54 Å². The highest BCUT2D eigenvalue weighted by Crippen LogP contribution is 2.45. The average molecular weight is 356 g/mol. The van der Waals surface area contributed by atoms with Crippen LogP contribution in [0.4, 0.5) is 5.69 Å². The summed E-state index contributed by atoms with van der Waals surface area (Å²) in [6.45, 7) is 3.31. The molecule has 0 radical (unpaired) electrons. The van der Waals surface area contributed by atoms with Gasteiger partial charge in [0.1, 0.15) is 5.84 Å². The fourth-order valence-electron chi connectivity index (χ4n) is 3.89. The first kappa shape index (κ1) is 17.5. The van der Waals surface area contributed by atoms with E-state index in [0.29, 0.717) is 0 Å². The molecular formula is C20H22ClN3O. The van der Waals surface area contributed by atoms with E-state index < -0.39 is 5.54 Å². The van der Waals surface area contributed by atoms with E-state index in [4.69, 9.17) is 4.99 Å². The molecule has 25 heavy (non-hydrogen) atoms. The molecule has 4 rings (SSSR count). The summed E-state index contributed by atoms with van der Waals surface area (Å²) in [6.07, 6.45) is 2.18. The predicted molar refractivity (Wildman–Crippen MR) is 104 cm³/mol. The van der Waals surface area contributed by atoms with Crippen molar-refractivity contribution < 1.29 is 4.79 Å². The molecular weight excluding hydrogens is 334 g/mol. The summed E-state index contributed by atoms with van der Waals surface area (Å²) in [5.74, 6) is 0.894. The maximum atomic E-state index is 12.2. The zero-order chi connectivity index (χ0) is 16.6.